The fraction of sp³-hybridized carbons (Fsp3) is 0.733. The molecule has 3 nitrogen and oxygen atoms in total. The van der Waals surface area contributed by atoms with E-state index >= 15 is 0 Å². The highest BCUT2D eigenvalue weighted by Gasteiger charge is 1.94. The van der Waals surface area contributed by atoms with Crippen LogP contribution >= 0.6 is 0 Å². The van der Waals surface area contributed by atoms with Gasteiger partial charge in [0.15, 0.2) is 0 Å². The van der Waals surface area contributed by atoms with Gasteiger partial charge in [-0.25, -0.2) is 9.97 Å². The Morgan fingerprint density at radius 3 is 1.72 bits per heavy atom. The molecular weight excluding hydrogens is 224 g/mol. The number of hydrogen-bond donors (Lipinski definition) is 0. The minimum absolute atomic E-state index is 0.435. The molecule has 0 radical (unpaired) electrons. The molecule has 0 saturated carbocycles. The van der Waals surface area contributed by atoms with Gasteiger partial charge in [-0.3, -0.25) is 0 Å². The predicted octanol–water partition coefficient (Wildman–Crippen LogP) is 4.66. The van der Waals surface area contributed by atoms with Gasteiger partial charge in [0.2, 0.25) is 0 Å². The summed E-state index contributed by atoms with van der Waals surface area (Å²) in [5.41, 5.74) is 1.16. The summed E-state index contributed by atoms with van der Waals surface area (Å²) < 4.78 is 4.83. The van der Waals surface area contributed by atoms with Crippen LogP contribution in [0.3, 0.4) is 0 Å². The third-order valence-electron chi connectivity index (χ3n) is 2.11. The van der Waals surface area contributed by atoms with Gasteiger partial charge in [0.05, 0.1) is 7.11 Å². The number of unbranched alkanes of at least 4 members (excludes halogenated alkanes) is 2. The second-order valence-corrected chi connectivity index (χ2v) is 3.68. The number of aromatic nitrogens is 2. The van der Waals surface area contributed by atoms with Crippen LogP contribution in [-0.2, 0) is 6.42 Å². The Hall–Kier alpha value is -1.12. The van der Waals surface area contributed by atoms with Gasteiger partial charge in [0.1, 0.15) is 0 Å². The lowest BCUT2D eigenvalue weighted by Gasteiger charge is -1.98. The number of ether oxygens (including phenoxy) is 1. The molecule has 0 atom stereocenters. The van der Waals surface area contributed by atoms with Crippen molar-refractivity contribution in [3.63, 3.8) is 0 Å². The Labute approximate surface area is 113 Å². The molecule has 106 valence electrons. The zero-order valence-electron chi connectivity index (χ0n) is 13.0. The highest BCUT2D eigenvalue weighted by Crippen LogP contribution is 2.03. The fourth-order valence-corrected chi connectivity index (χ4v) is 1.22. The van der Waals surface area contributed by atoms with Gasteiger partial charge in [0.25, 0.3) is 0 Å². The van der Waals surface area contributed by atoms with E-state index in [1.807, 2.05) is 13.8 Å². The summed E-state index contributed by atoms with van der Waals surface area (Å²) >= 11 is 0. The van der Waals surface area contributed by atoms with Crippen LogP contribution in [0.2, 0.25) is 0 Å². The van der Waals surface area contributed by atoms with Gasteiger partial charge >= 0.3 is 6.01 Å². The average molecular weight is 254 g/mol. The largest absolute Gasteiger partial charge is 0.467 e. The molecule has 0 amide bonds. The molecule has 1 aromatic heterocycles. The van der Waals surface area contributed by atoms with Crippen LogP contribution in [-0.4, -0.2) is 17.1 Å². The molecule has 0 aliphatic heterocycles. The van der Waals surface area contributed by atoms with Crippen molar-refractivity contribution in [2.75, 3.05) is 7.11 Å². The molecule has 1 heterocycles. The first-order valence-electron chi connectivity index (χ1n) is 7.13. The Morgan fingerprint density at radius 2 is 1.44 bits per heavy atom. The molecule has 1 aromatic rings. The summed E-state index contributed by atoms with van der Waals surface area (Å²) in [4.78, 5) is 7.96. The summed E-state index contributed by atoms with van der Waals surface area (Å²) in [5.74, 6) is 0. The van der Waals surface area contributed by atoms with Crippen molar-refractivity contribution in [3.05, 3.63) is 18.0 Å². The van der Waals surface area contributed by atoms with Crippen LogP contribution in [0.4, 0.5) is 0 Å². The number of aryl methyl sites for hydroxylation is 1. The summed E-state index contributed by atoms with van der Waals surface area (Å²) in [5, 5.41) is 0. The van der Waals surface area contributed by atoms with Crippen LogP contribution in [0.5, 0.6) is 6.01 Å². The van der Waals surface area contributed by atoms with Gasteiger partial charge in [-0.05, 0) is 12.0 Å². The topological polar surface area (TPSA) is 35.0 Å². The van der Waals surface area contributed by atoms with Gasteiger partial charge in [0, 0.05) is 12.4 Å². The molecule has 0 aliphatic rings. The molecule has 0 bridgehead atoms. The van der Waals surface area contributed by atoms with E-state index in [1.54, 1.807) is 19.5 Å². The van der Waals surface area contributed by atoms with Gasteiger partial charge in [-0.15, -0.1) is 0 Å². The van der Waals surface area contributed by atoms with Crippen molar-refractivity contribution in [2.45, 2.75) is 66.7 Å². The molecule has 0 N–H and O–H groups in total. The third-order valence-corrected chi connectivity index (χ3v) is 2.11. The first kappa shape index (κ1) is 19.2. The number of nitrogens with zero attached hydrogens (tertiary/aromatic N) is 2. The Morgan fingerprint density at radius 1 is 0.944 bits per heavy atom. The maximum absolute atomic E-state index is 4.83. The Balaban J connectivity index is 0. The molecule has 18 heavy (non-hydrogen) atoms. The standard InChI is InChI=1S/C8H12N2O.C5H12.C2H6/c1-3-4-7-5-9-8(11-2)10-6-7;1-3-5-4-2;1-2/h5-6H,3-4H2,1-2H3;3-5H2,1-2H3;1-2H3. The highest BCUT2D eigenvalue weighted by atomic mass is 16.5. The number of rotatable bonds is 5. The van der Waals surface area contributed by atoms with Crippen molar-refractivity contribution in [1.29, 1.82) is 0 Å². The van der Waals surface area contributed by atoms with Crippen molar-refractivity contribution < 1.29 is 4.74 Å². The normalized spacial score (nSPS) is 8.56. The maximum atomic E-state index is 4.83. The van der Waals surface area contributed by atoms with Gasteiger partial charge in [-0.1, -0.05) is 60.3 Å². The Kier molecular flexibility index (Phi) is 17.0. The zero-order chi connectivity index (χ0) is 14.2. The third kappa shape index (κ3) is 11.4. The average Bonchev–Trinajstić information content (AvgIpc) is 2.44. The molecule has 0 spiro atoms. The first-order chi connectivity index (χ1) is 8.78. The maximum Gasteiger partial charge on any atom is 0.316 e. The van der Waals surface area contributed by atoms with Crippen LogP contribution < -0.4 is 4.74 Å². The van der Waals surface area contributed by atoms with E-state index in [0.717, 1.165) is 18.4 Å². The Bertz CT molecular complexity index is 245. The number of methoxy groups -OCH3 is 1. The molecule has 3 heteroatoms. The minimum Gasteiger partial charge on any atom is -0.467 e. The first-order valence-corrected chi connectivity index (χ1v) is 7.13. The monoisotopic (exact) mass is 254 g/mol. The van der Waals surface area contributed by atoms with Crippen molar-refractivity contribution in [1.82, 2.24) is 9.97 Å². The highest BCUT2D eigenvalue weighted by molar-refractivity contribution is 5.07. The van der Waals surface area contributed by atoms with E-state index < -0.39 is 0 Å². The molecule has 0 unspecified atom stereocenters. The molecule has 1 rings (SSSR count). The molecule has 0 fully saturated rings. The van der Waals surface area contributed by atoms with E-state index in [1.165, 1.54) is 19.3 Å². The molecular formula is C15H30N2O. The van der Waals surface area contributed by atoms with Crippen molar-refractivity contribution in [3.8, 4) is 6.01 Å². The molecule has 0 saturated heterocycles. The van der Waals surface area contributed by atoms with E-state index in [4.69, 9.17) is 4.74 Å². The second-order valence-electron chi connectivity index (χ2n) is 3.68. The van der Waals surface area contributed by atoms with Gasteiger partial charge < -0.3 is 4.74 Å². The summed E-state index contributed by atoms with van der Waals surface area (Å²) in [6, 6.07) is 0.435. The second kappa shape index (κ2) is 15.9. The summed E-state index contributed by atoms with van der Waals surface area (Å²) in [7, 11) is 1.56. The quantitative estimate of drug-likeness (QED) is 0.766. The van der Waals surface area contributed by atoms with Crippen LogP contribution in [0.1, 0.15) is 65.9 Å². The predicted molar refractivity (Wildman–Crippen MR) is 79.1 cm³/mol. The van der Waals surface area contributed by atoms with E-state index in [2.05, 4.69) is 30.7 Å². The fourth-order valence-electron chi connectivity index (χ4n) is 1.22. The van der Waals surface area contributed by atoms with Crippen molar-refractivity contribution >= 4 is 0 Å². The molecule has 0 aliphatic carbocycles. The minimum atomic E-state index is 0.435. The lowest BCUT2D eigenvalue weighted by molar-refractivity contribution is 0.379. The number of hydrogen-bond acceptors (Lipinski definition) is 3. The van der Waals surface area contributed by atoms with Crippen molar-refractivity contribution in [2.24, 2.45) is 0 Å². The van der Waals surface area contributed by atoms with Crippen LogP contribution in [0.15, 0.2) is 12.4 Å². The van der Waals surface area contributed by atoms with E-state index in [-0.39, 0.29) is 0 Å². The smallest absolute Gasteiger partial charge is 0.316 e. The van der Waals surface area contributed by atoms with Crippen LogP contribution in [0, 0.1) is 0 Å². The zero-order valence-corrected chi connectivity index (χ0v) is 13.0. The summed E-state index contributed by atoms with van der Waals surface area (Å²) in [6.07, 6.45) is 9.83. The van der Waals surface area contributed by atoms with Crippen LogP contribution in [0.25, 0.3) is 0 Å². The summed E-state index contributed by atoms with van der Waals surface area (Å²) in [6.45, 7) is 10.6. The van der Waals surface area contributed by atoms with E-state index in [0.29, 0.717) is 6.01 Å². The molecule has 0 aromatic carbocycles. The van der Waals surface area contributed by atoms with E-state index in [9.17, 15) is 0 Å². The lowest BCUT2D eigenvalue weighted by atomic mass is 10.2. The van der Waals surface area contributed by atoms with Gasteiger partial charge in [-0.2, -0.15) is 0 Å². The SMILES string of the molecule is CC.CCCCC.CCCc1cnc(OC)nc1. The lowest BCUT2D eigenvalue weighted by Crippen LogP contribution is -1.93.